The predicted octanol–water partition coefficient (Wildman–Crippen LogP) is -0.630. The normalized spacial score (nSPS) is 15.6. The van der Waals surface area contributed by atoms with E-state index in [0.29, 0.717) is 44.1 Å². The standard InChI is InChI=1S/C11H19N3O3S/c1-13(4-2-9(12)18)10(15)3-5-14-6-7-17-8-11(14)16/h2-8H2,1H3,(H2,12,18). The number of amides is 2. The third kappa shape index (κ3) is 4.97. The molecule has 2 N–H and O–H groups in total. The van der Waals surface area contributed by atoms with E-state index in [1.165, 1.54) is 0 Å². The summed E-state index contributed by atoms with van der Waals surface area (Å²) in [5.74, 6) is -0.0645. The van der Waals surface area contributed by atoms with E-state index in [0.717, 1.165) is 0 Å². The molecule has 0 bridgehead atoms. The summed E-state index contributed by atoms with van der Waals surface area (Å²) in [5.41, 5.74) is 5.38. The van der Waals surface area contributed by atoms with Gasteiger partial charge in [0.05, 0.1) is 11.6 Å². The van der Waals surface area contributed by atoms with Gasteiger partial charge >= 0.3 is 0 Å². The highest BCUT2D eigenvalue weighted by Gasteiger charge is 2.19. The Morgan fingerprint density at radius 2 is 2.28 bits per heavy atom. The van der Waals surface area contributed by atoms with Crippen molar-refractivity contribution in [3.05, 3.63) is 0 Å². The number of carbonyl (C=O) groups is 2. The predicted molar refractivity (Wildman–Crippen MR) is 71.1 cm³/mol. The van der Waals surface area contributed by atoms with E-state index in [2.05, 4.69) is 0 Å². The molecule has 0 atom stereocenters. The molecule has 0 spiro atoms. The molecule has 1 saturated heterocycles. The fourth-order valence-electron chi connectivity index (χ4n) is 1.61. The molecule has 1 heterocycles. The molecule has 0 unspecified atom stereocenters. The lowest BCUT2D eigenvalue weighted by Crippen LogP contribution is -2.43. The molecular weight excluding hydrogens is 254 g/mol. The molecule has 0 aromatic heterocycles. The van der Waals surface area contributed by atoms with Crippen molar-refractivity contribution in [3.8, 4) is 0 Å². The van der Waals surface area contributed by atoms with Gasteiger partial charge in [-0.25, -0.2) is 0 Å². The molecule has 1 aliphatic rings. The quantitative estimate of drug-likeness (QED) is 0.652. The first-order valence-corrected chi connectivity index (χ1v) is 6.29. The minimum atomic E-state index is -0.0557. The maximum atomic E-state index is 11.8. The highest BCUT2D eigenvalue weighted by molar-refractivity contribution is 7.80. The first kappa shape index (κ1) is 14.8. The number of hydrogen-bond acceptors (Lipinski definition) is 4. The second-order valence-electron chi connectivity index (χ2n) is 4.21. The van der Waals surface area contributed by atoms with Gasteiger partial charge in [-0.15, -0.1) is 0 Å². The Hall–Kier alpha value is -1.21. The minimum absolute atomic E-state index is 0.00876. The molecule has 2 amide bonds. The Bertz CT molecular complexity index is 335. The Labute approximate surface area is 112 Å². The molecule has 6 nitrogen and oxygen atoms in total. The van der Waals surface area contributed by atoms with Crippen molar-refractivity contribution < 1.29 is 14.3 Å². The van der Waals surface area contributed by atoms with Crippen LogP contribution in [0.2, 0.25) is 0 Å². The van der Waals surface area contributed by atoms with Crippen molar-refractivity contribution in [1.29, 1.82) is 0 Å². The summed E-state index contributed by atoms with van der Waals surface area (Å²) < 4.78 is 5.02. The van der Waals surface area contributed by atoms with Crippen molar-refractivity contribution >= 4 is 29.0 Å². The van der Waals surface area contributed by atoms with Gasteiger partial charge in [0.2, 0.25) is 11.8 Å². The molecule has 1 aliphatic heterocycles. The van der Waals surface area contributed by atoms with Crippen LogP contribution in [0.5, 0.6) is 0 Å². The third-order valence-corrected chi connectivity index (χ3v) is 3.00. The zero-order chi connectivity index (χ0) is 13.5. The molecule has 1 rings (SSSR count). The van der Waals surface area contributed by atoms with Gasteiger partial charge in [0.1, 0.15) is 6.61 Å². The summed E-state index contributed by atoms with van der Waals surface area (Å²) in [5, 5.41) is 0. The Balaban J connectivity index is 2.26. The molecule has 102 valence electrons. The number of thiocarbonyl (C=S) groups is 1. The monoisotopic (exact) mass is 273 g/mol. The fraction of sp³-hybridized carbons (Fsp3) is 0.727. The first-order valence-electron chi connectivity index (χ1n) is 5.88. The van der Waals surface area contributed by atoms with E-state index in [1.807, 2.05) is 0 Å². The molecule has 0 aromatic rings. The van der Waals surface area contributed by atoms with E-state index in [4.69, 9.17) is 22.7 Å². The van der Waals surface area contributed by atoms with Gasteiger partial charge in [-0.2, -0.15) is 0 Å². The highest BCUT2D eigenvalue weighted by atomic mass is 32.1. The highest BCUT2D eigenvalue weighted by Crippen LogP contribution is 2.02. The van der Waals surface area contributed by atoms with Gasteiger partial charge in [0, 0.05) is 39.5 Å². The second-order valence-corrected chi connectivity index (χ2v) is 4.74. The molecule has 0 saturated carbocycles. The summed E-state index contributed by atoms with van der Waals surface area (Å²) >= 11 is 4.76. The lowest BCUT2D eigenvalue weighted by molar-refractivity contribution is -0.143. The first-order chi connectivity index (χ1) is 8.50. The lowest BCUT2D eigenvalue weighted by atomic mass is 10.3. The van der Waals surface area contributed by atoms with Gasteiger partial charge in [0.25, 0.3) is 0 Å². The number of carbonyl (C=O) groups excluding carboxylic acids is 2. The van der Waals surface area contributed by atoms with Gasteiger partial charge < -0.3 is 20.3 Å². The average Bonchev–Trinajstić information content (AvgIpc) is 2.34. The van der Waals surface area contributed by atoms with Crippen LogP contribution in [0.3, 0.4) is 0 Å². The zero-order valence-corrected chi connectivity index (χ0v) is 11.4. The van der Waals surface area contributed by atoms with Gasteiger partial charge in [0.15, 0.2) is 0 Å². The summed E-state index contributed by atoms with van der Waals surface area (Å²) in [7, 11) is 1.71. The summed E-state index contributed by atoms with van der Waals surface area (Å²) in [6.07, 6.45) is 0.841. The van der Waals surface area contributed by atoms with E-state index < -0.39 is 0 Å². The van der Waals surface area contributed by atoms with Crippen molar-refractivity contribution in [1.82, 2.24) is 9.80 Å². The minimum Gasteiger partial charge on any atom is -0.393 e. The van der Waals surface area contributed by atoms with E-state index in [-0.39, 0.29) is 18.4 Å². The van der Waals surface area contributed by atoms with E-state index in [1.54, 1.807) is 16.8 Å². The van der Waals surface area contributed by atoms with E-state index in [9.17, 15) is 9.59 Å². The summed E-state index contributed by atoms with van der Waals surface area (Å²) in [6.45, 7) is 2.18. The van der Waals surface area contributed by atoms with Crippen LogP contribution in [0.4, 0.5) is 0 Å². The molecule has 18 heavy (non-hydrogen) atoms. The van der Waals surface area contributed by atoms with Crippen molar-refractivity contribution in [2.45, 2.75) is 12.8 Å². The van der Waals surface area contributed by atoms with Crippen LogP contribution in [-0.4, -0.2) is 66.5 Å². The zero-order valence-electron chi connectivity index (χ0n) is 10.6. The largest absolute Gasteiger partial charge is 0.393 e. The van der Waals surface area contributed by atoms with Crippen molar-refractivity contribution in [3.63, 3.8) is 0 Å². The molecule has 0 radical (unpaired) electrons. The number of nitrogens with two attached hydrogens (primary N) is 1. The molecule has 7 heteroatoms. The van der Waals surface area contributed by atoms with Crippen LogP contribution in [-0.2, 0) is 14.3 Å². The Morgan fingerprint density at radius 3 is 2.89 bits per heavy atom. The van der Waals surface area contributed by atoms with Crippen molar-refractivity contribution in [2.24, 2.45) is 5.73 Å². The van der Waals surface area contributed by atoms with Crippen molar-refractivity contribution in [2.75, 3.05) is 39.9 Å². The maximum Gasteiger partial charge on any atom is 0.248 e. The molecule has 0 aromatic carbocycles. The van der Waals surface area contributed by atoms with Crippen LogP contribution < -0.4 is 5.73 Å². The van der Waals surface area contributed by atoms with Crippen LogP contribution in [0, 0.1) is 0 Å². The topological polar surface area (TPSA) is 75.9 Å². The molecule has 0 aliphatic carbocycles. The summed E-state index contributed by atoms with van der Waals surface area (Å²) in [6, 6.07) is 0. The average molecular weight is 273 g/mol. The SMILES string of the molecule is CN(CCC(N)=S)C(=O)CCN1CCOCC1=O. The fourth-order valence-corrected chi connectivity index (χ4v) is 1.70. The second kappa shape index (κ2) is 7.27. The van der Waals surface area contributed by atoms with Gasteiger partial charge in [-0.05, 0) is 0 Å². The van der Waals surface area contributed by atoms with Gasteiger partial charge in [-0.1, -0.05) is 12.2 Å². The molecule has 1 fully saturated rings. The van der Waals surface area contributed by atoms with Gasteiger partial charge in [-0.3, -0.25) is 9.59 Å². The van der Waals surface area contributed by atoms with Crippen LogP contribution in [0.15, 0.2) is 0 Å². The third-order valence-electron chi connectivity index (χ3n) is 2.80. The summed E-state index contributed by atoms with van der Waals surface area (Å²) in [4.78, 5) is 26.9. The van der Waals surface area contributed by atoms with Crippen LogP contribution in [0.1, 0.15) is 12.8 Å². The number of rotatable bonds is 6. The van der Waals surface area contributed by atoms with E-state index >= 15 is 0 Å². The Kier molecular flexibility index (Phi) is 6.00. The number of nitrogens with zero attached hydrogens (tertiary/aromatic N) is 2. The molecular formula is C11H19N3O3S. The number of hydrogen-bond donors (Lipinski definition) is 1. The van der Waals surface area contributed by atoms with Crippen LogP contribution >= 0.6 is 12.2 Å². The maximum absolute atomic E-state index is 11.8. The smallest absolute Gasteiger partial charge is 0.248 e. The van der Waals surface area contributed by atoms with Crippen LogP contribution in [0.25, 0.3) is 0 Å². The Morgan fingerprint density at radius 1 is 1.56 bits per heavy atom. The number of ether oxygens (including phenoxy) is 1. The lowest BCUT2D eigenvalue weighted by Gasteiger charge is -2.27. The number of morpholine rings is 1.